The van der Waals surface area contributed by atoms with Gasteiger partial charge in [0.15, 0.2) is 11.5 Å². The van der Waals surface area contributed by atoms with Gasteiger partial charge in [-0.05, 0) is 42.3 Å². The maximum absolute atomic E-state index is 6.05. The standard InChI is InChI=1S/C23H20BrN3O2/c1-15-10-17(8-9-19(15)24)27-23-18-11-22(29-13-16-6-4-3-5-7-16)21(28-2)12-20(18)25-14-26-23/h3-12,14H,13H2,1-2H3,(H,25,26,27). The van der Waals surface area contributed by atoms with Crippen LogP contribution in [0.5, 0.6) is 11.5 Å². The van der Waals surface area contributed by atoms with Gasteiger partial charge in [0.25, 0.3) is 0 Å². The Bertz CT molecular complexity index is 1150. The molecule has 146 valence electrons. The third-order valence-corrected chi connectivity index (χ3v) is 5.47. The highest BCUT2D eigenvalue weighted by Gasteiger charge is 2.12. The number of aryl methyl sites for hydroxylation is 1. The second-order valence-electron chi connectivity index (χ2n) is 6.61. The summed E-state index contributed by atoms with van der Waals surface area (Å²) in [6.45, 7) is 2.50. The Labute approximate surface area is 177 Å². The van der Waals surface area contributed by atoms with Crippen molar-refractivity contribution in [2.45, 2.75) is 13.5 Å². The quantitative estimate of drug-likeness (QED) is 0.389. The first-order chi connectivity index (χ1) is 14.1. The largest absolute Gasteiger partial charge is 0.493 e. The smallest absolute Gasteiger partial charge is 0.162 e. The number of benzene rings is 3. The Kier molecular flexibility index (Phi) is 5.62. The summed E-state index contributed by atoms with van der Waals surface area (Å²) >= 11 is 3.53. The van der Waals surface area contributed by atoms with Crippen LogP contribution in [0.4, 0.5) is 11.5 Å². The number of fused-ring (bicyclic) bond motifs is 1. The van der Waals surface area contributed by atoms with Crippen LogP contribution >= 0.6 is 15.9 Å². The number of rotatable bonds is 6. The molecule has 3 aromatic carbocycles. The number of halogens is 1. The van der Waals surface area contributed by atoms with Gasteiger partial charge < -0.3 is 14.8 Å². The molecule has 0 spiro atoms. The zero-order valence-corrected chi connectivity index (χ0v) is 17.7. The Hall–Kier alpha value is -3.12. The fraction of sp³-hybridized carbons (Fsp3) is 0.130. The number of hydrogen-bond acceptors (Lipinski definition) is 5. The molecular weight excluding hydrogens is 430 g/mol. The minimum Gasteiger partial charge on any atom is -0.493 e. The van der Waals surface area contributed by atoms with Crippen molar-refractivity contribution in [2.24, 2.45) is 0 Å². The summed E-state index contributed by atoms with van der Waals surface area (Å²) in [5.74, 6) is 2.00. The number of methoxy groups -OCH3 is 1. The van der Waals surface area contributed by atoms with Gasteiger partial charge in [0.05, 0.1) is 12.6 Å². The lowest BCUT2D eigenvalue weighted by Crippen LogP contribution is -2.00. The number of nitrogens with one attached hydrogen (secondary N) is 1. The molecule has 6 heteroatoms. The molecule has 0 fully saturated rings. The minimum atomic E-state index is 0.449. The van der Waals surface area contributed by atoms with Crippen molar-refractivity contribution in [1.82, 2.24) is 9.97 Å². The van der Waals surface area contributed by atoms with E-state index < -0.39 is 0 Å². The molecule has 0 radical (unpaired) electrons. The van der Waals surface area contributed by atoms with Crippen molar-refractivity contribution in [3.63, 3.8) is 0 Å². The zero-order chi connectivity index (χ0) is 20.2. The number of nitrogens with zero attached hydrogens (tertiary/aromatic N) is 2. The van der Waals surface area contributed by atoms with Crippen molar-refractivity contribution in [2.75, 3.05) is 12.4 Å². The Morgan fingerprint density at radius 3 is 2.55 bits per heavy atom. The average Bonchev–Trinajstić information content (AvgIpc) is 2.75. The summed E-state index contributed by atoms with van der Waals surface area (Å²) in [5.41, 5.74) is 3.96. The van der Waals surface area contributed by atoms with Gasteiger partial charge in [-0.1, -0.05) is 46.3 Å². The maximum Gasteiger partial charge on any atom is 0.162 e. The first-order valence-corrected chi connectivity index (χ1v) is 9.96. The summed E-state index contributed by atoms with van der Waals surface area (Å²) in [5, 5.41) is 4.24. The molecule has 1 heterocycles. The average molecular weight is 450 g/mol. The number of hydrogen-bond donors (Lipinski definition) is 1. The summed E-state index contributed by atoms with van der Waals surface area (Å²) in [6.07, 6.45) is 1.54. The molecule has 5 nitrogen and oxygen atoms in total. The topological polar surface area (TPSA) is 56.3 Å². The van der Waals surface area contributed by atoms with Gasteiger partial charge >= 0.3 is 0 Å². The predicted octanol–water partition coefficient (Wildman–Crippen LogP) is 6.03. The molecule has 4 rings (SSSR count). The van der Waals surface area contributed by atoms with Crippen LogP contribution in [-0.2, 0) is 6.61 Å². The van der Waals surface area contributed by atoms with Gasteiger partial charge in [-0.15, -0.1) is 0 Å². The molecule has 0 saturated heterocycles. The van der Waals surface area contributed by atoms with E-state index in [0.29, 0.717) is 23.9 Å². The van der Waals surface area contributed by atoms with Gasteiger partial charge in [-0.3, -0.25) is 0 Å². The number of ether oxygens (including phenoxy) is 2. The van der Waals surface area contributed by atoms with E-state index in [1.54, 1.807) is 13.4 Å². The Morgan fingerprint density at radius 1 is 0.966 bits per heavy atom. The van der Waals surface area contributed by atoms with Gasteiger partial charge in [0, 0.05) is 21.6 Å². The van der Waals surface area contributed by atoms with Crippen LogP contribution in [0.2, 0.25) is 0 Å². The van der Waals surface area contributed by atoms with E-state index in [1.165, 1.54) is 0 Å². The predicted molar refractivity (Wildman–Crippen MR) is 119 cm³/mol. The van der Waals surface area contributed by atoms with E-state index >= 15 is 0 Å². The Balaban J connectivity index is 1.69. The van der Waals surface area contributed by atoms with Crippen molar-refractivity contribution in [3.8, 4) is 11.5 Å². The summed E-state index contributed by atoms with van der Waals surface area (Å²) in [6, 6.07) is 19.9. The lowest BCUT2D eigenvalue weighted by atomic mass is 10.2. The summed E-state index contributed by atoms with van der Waals surface area (Å²) < 4.78 is 12.6. The molecule has 0 bridgehead atoms. The Morgan fingerprint density at radius 2 is 1.79 bits per heavy atom. The second kappa shape index (κ2) is 8.49. The second-order valence-corrected chi connectivity index (χ2v) is 7.46. The van der Waals surface area contributed by atoms with Crippen molar-refractivity contribution < 1.29 is 9.47 Å². The lowest BCUT2D eigenvalue weighted by molar-refractivity contribution is 0.285. The van der Waals surface area contributed by atoms with Crippen LogP contribution in [0.25, 0.3) is 10.9 Å². The highest BCUT2D eigenvalue weighted by molar-refractivity contribution is 9.10. The lowest BCUT2D eigenvalue weighted by Gasteiger charge is -2.14. The third-order valence-electron chi connectivity index (χ3n) is 4.58. The van der Waals surface area contributed by atoms with E-state index in [0.717, 1.165) is 32.2 Å². The molecule has 0 amide bonds. The van der Waals surface area contributed by atoms with E-state index in [2.05, 4.69) is 37.3 Å². The first-order valence-electron chi connectivity index (χ1n) is 9.16. The zero-order valence-electron chi connectivity index (χ0n) is 16.1. The molecule has 0 unspecified atom stereocenters. The number of anilines is 2. The fourth-order valence-electron chi connectivity index (χ4n) is 3.03. The van der Waals surface area contributed by atoms with Crippen molar-refractivity contribution in [1.29, 1.82) is 0 Å². The summed E-state index contributed by atoms with van der Waals surface area (Å²) in [4.78, 5) is 8.83. The SMILES string of the molecule is COc1cc2ncnc(Nc3ccc(Br)c(C)c3)c2cc1OCc1ccccc1. The molecular formula is C23H20BrN3O2. The third kappa shape index (κ3) is 4.32. The van der Waals surface area contributed by atoms with Crippen LogP contribution in [0.15, 0.2) is 71.5 Å². The van der Waals surface area contributed by atoms with Crippen LogP contribution in [0.3, 0.4) is 0 Å². The van der Waals surface area contributed by atoms with Gasteiger partial charge in [0.1, 0.15) is 18.8 Å². The van der Waals surface area contributed by atoms with Gasteiger partial charge in [-0.25, -0.2) is 9.97 Å². The summed E-state index contributed by atoms with van der Waals surface area (Å²) in [7, 11) is 1.63. The molecule has 1 aromatic heterocycles. The molecule has 0 saturated carbocycles. The molecule has 29 heavy (non-hydrogen) atoms. The van der Waals surface area contributed by atoms with E-state index in [-0.39, 0.29) is 0 Å². The highest BCUT2D eigenvalue weighted by Crippen LogP contribution is 2.35. The first kappa shape index (κ1) is 19.2. The van der Waals surface area contributed by atoms with Crippen LogP contribution in [0.1, 0.15) is 11.1 Å². The molecule has 1 N–H and O–H groups in total. The molecule has 0 atom stereocenters. The van der Waals surface area contributed by atoms with Crippen LogP contribution in [0, 0.1) is 6.92 Å². The van der Waals surface area contributed by atoms with Gasteiger partial charge in [0.2, 0.25) is 0 Å². The van der Waals surface area contributed by atoms with Gasteiger partial charge in [-0.2, -0.15) is 0 Å². The minimum absolute atomic E-state index is 0.449. The normalized spacial score (nSPS) is 10.7. The highest BCUT2D eigenvalue weighted by atomic mass is 79.9. The van der Waals surface area contributed by atoms with Crippen molar-refractivity contribution in [3.05, 3.63) is 82.6 Å². The van der Waals surface area contributed by atoms with Crippen LogP contribution in [-0.4, -0.2) is 17.1 Å². The van der Waals surface area contributed by atoms with E-state index in [4.69, 9.17) is 9.47 Å². The molecule has 0 aliphatic rings. The molecule has 4 aromatic rings. The monoisotopic (exact) mass is 449 g/mol. The van der Waals surface area contributed by atoms with E-state index in [9.17, 15) is 0 Å². The fourth-order valence-corrected chi connectivity index (χ4v) is 3.28. The van der Waals surface area contributed by atoms with Crippen LogP contribution < -0.4 is 14.8 Å². The molecule has 0 aliphatic carbocycles. The molecule has 0 aliphatic heterocycles. The maximum atomic E-state index is 6.05. The number of aromatic nitrogens is 2. The van der Waals surface area contributed by atoms with E-state index in [1.807, 2.05) is 61.5 Å². The van der Waals surface area contributed by atoms with Crippen molar-refractivity contribution >= 4 is 38.3 Å².